The van der Waals surface area contributed by atoms with Gasteiger partial charge in [0.15, 0.2) is 5.84 Å². The van der Waals surface area contributed by atoms with Crippen LogP contribution >= 0.6 is 0 Å². The quantitative estimate of drug-likeness (QED) is 0.197. The number of fused-ring (bicyclic) bond motifs is 7. The van der Waals surface area contributed by atoms with Gasteiger partial charge in [0, 0.05) is 21.9 Å². The molecule has 49 heavy (non-hydrogen) atoms. The molecule has 0 aliphatic carbocycles. The van der Waals surface area contributed by atoms with Crippen molar-refractivity contribution >= 4 is 65.9 Å². The largest absolute Gasteiger partial charge is 0.456 e. The van der Waals surface area contributed by atoms with E-state index in [2.05, 4.69) is 151 Å². The van der Waals surface area contributed by atoms with Crippen molar-refractivity contribution in [3.05, 3.63) is 180 Å². The van der Waals surface area contributed by atoms with Gasteiger partial charge >= 0.3 is 0 Å². The number of hydrogen-bond acceptors (Lipinski definition) is 4. The number of benzene rings is 8. The molecule has 1 aliphatic heterocycles. The summed E-state index contributed by atoms with van der Waals surface area (Å²) in [4.78, 5) is 10.5. The number of nitrogens with zero attached hydrogens (tertiary/aromatic N) is 2. The van der Waals surface area contributed by atoms with Crippen molar-refractivity contribution in [3.63, 3.8) is 0 Å². The summed E-state index contributed by atoms with van der Waals surface area (Å²) in [6.07, 6.45) is -0.325. The van der Waals surface area contributed by atoms with Gasteiger partial charge in [-0.1, -0.05) is 133 Å². The van der Waals surface area contributed by atoms with E-state index in [0.29, 0.717) is 5.84 Å². The van der Waals surface area contributed by atoms with Crippen LogP contribution < -0.4 is 5.32 Å². The molecule has 1 atom stereocenters. The molecule has 0 saturated heterocycles. The molecule has 2 heterocycles. The second-order valence-corrected chi connectivity index (χ2v) is 12.6. The summed E-state index contributed by atoms with van der Waals surface area (Å²) in [6.45, 7) is 0. The first-order valence-corrected chi connectivity index (χ1v) is 16.6. The zero-order chi connectivity index (χ0) is 32.3. The lowest BCUT2D eigenvalue weighted by Gasteiger charge is -2.24. The Morgan fingerprint density at radius 2 is 1.16 bits per heavy atom. The molecule has 0 amide bonds. The van der Waals surface area contributed by atoms with Crippen LogP contribution in [0.25, 0.3) is 65.4 Å². The van der Waals surface area contributed by atoms with Crippen LogP contribution in [0, 0.1) is 0 Å². The molecule has 0 radical (unpaired) electrons. The van der Waals surface area contributed by atoms with Crippen LogP contribution in [0.1, 0.15) is 22.9 Å². The topological polar surface area (TPSA) is 49.9 Å². The minimum absolute atomic E-state index is 0.325. The zero-order valence-electron chi connectivity index (χ0n) is 26.5. The lowest BCUT2D eigenvalue weighted by molar-refractivity contribution is 0.668. The highest BCUT2D eigenvalue weighted by atomic mass is 16.3. The normalized spacial score (nSPS) is 14.7. The molecular formula is C45H29N3O. The third-order valence-corrected chi connectivity index (χ3v) is 9.68. The van der Waals surface area contributed by atoms with Gasteiger partial charge in [0.1, 0.15) is 23.2 Å². The van der Waals surface area contributed by atoms with E-state index in [4.69, 9.17) is 14.4 Å². The van der Waals surface area contributed by atoms with Gasteiger partial charge in [-0.25, -0.2) is 9.98 Å². The van der Waals surface area contributed by atoms with Crippen molar-refractivity contribution in [2.24, 2.45) is 9.98 Å². The summed E-state index contributed by atoms with van der Waals surface area (Å²) >= 11 is 0. The Morgan fingerprint density at radius 1 is 0.469 bits per heavy atom. The number of aliphatic imine (C=N–C) groups is 2. The molecule has 8 aromatic carbocycles. The SMILES string of the molecule is c1ccc(C2N=C(c3ccc4ccccc4c3)N=C(c3cc(-c4cc5ccccc5c5ccccc45)cc4oc5ccccc5c34)N2)cc1. The fraction of sp³-hybridized carbons (Fsp3) is 0.0222. The van der Waals surface area contributed by atoms with Crippen LogP contribution in [0.5, 0.6) is 0 Å². The molecule has 1 N–H and O–H groups in total. The second kappa shape index (κ2) is 11.0. The summed E-state index contributed by atoms with van der Waals surface area (Å²) in [5.41, 5.74) is 6.90. The van der Waals surface area contributed by atoms with Crippen LogP contribution in [0.4, 0.5) is 0 Å². The Bertz CT molecular complexity index is 2810. The molecule has 1 unspecified atom stereocenters. The first kappa shape index (κ1) is 27.6. The van der Waals surface area contributed by atoms with Crippen LogP contribution in [-0.2, 0) is 0 Å². The van der Waals surface area contributed by atoms with Gasteiger partial charge < -0.3 is 9.73 Å². The average molecular weight is 628 g/mol. The summed E-state index contributed by atoms with van der Waals surface area (Å²) < 4.78 is 6.60. The van der Waals surface area contributed by atoms with Crippen molar-refractivity contribution in [1.29, 1.82) is 0 Å². The molecule has 230 valence electrons. The Labute approximate surface area is 282 Å². The number of hydrogen-bond donors (Lipinski definition) is 1. The lowest BCUT2D eigenvalue weighted by Crippen LogP contribution is -2.33. The third kappa shape index (κ3) is 4.61. The van der Waals surface area contributed by atoms with Crippen molar-refractivity contribution in [2.75, 3.05) is 0 Å². The van der Waals surface area contributed by atoms with Gasteiger partial charge in [0.25, 0.3) is 0 Å². The number of para-hydroxylation sites is 1. The maximum absolute atomic E-state index is 6.60. The summed E-state index contributed by atoms with van der Waals surface area (Å²) in [5, 5.41) is 13.0. The van der Waals surface area contributed by atoms with Gasteiger partial charge in [-0.3, -0.25) is 0 Å². The average Bonchev–Trinajstić information content (AvgIpc) is 3.56. The van der Waals surface area contributed by atoms with E-state index >= 15 is 0 Å². The molecule has 4 nitrogen and oxygen atoms in total. The number of rotatable bonds is 4. The van der Waals surface area contributed by atoms with E-state index < -0.39 is 0 Å². The number of furan rings is 1. The highest BCUT2D eigenvalue weighted by molar-refractivity contribution is 6.23. The second-order valence-electron chi connectivity index (χ2n) is 12.6. The van der Waals surface area contributed by atoms with Gasteiger partial charge in [0.2, 0.25) is 0 Å². The monoisotopic (exact) mass is 627 g/mol. The lowest BCUT2D eigenvalue weighted by atomic mass is 9.91. The first-order valence-electron chi connectivity index (χ1n) is 16.6. The van der Waals surface area contributed by atoms with Crippen LogP contribution in [-0.4, -0.2) is 11.7 Å². The van der Waals surface area contributed by atoms with E-state index in [1.807, 2.05) is 18.2 Å². The van der Waals surface area contributed by atoms with Gasteiger partial charge in [-0.2, -0.15) is 0 Å². The Hall–Kier alpha value is -6.52. The molecule has 0 saturated carbocycles. The fourth-order valence-electron chi connectivity index (χ4n) is 7.34. The fourth-order valence-corrected chi connectivity index (χ4v) is 7.34. The molecule has 0 spiro atoms. The molecule has 4 heteroatoms. The number of nitrogens with one attached hydrogen (secondary N) is 1. The van der Waals surface area contributed by atoms with Crippen molar-refractivity contribution < 1.29 is 4.42 Å². The molecule has 1 aliphatic rings. The molecule has 0 fully saturated rings. The molecular weight excluding hydrogens is 599 g/mol. The molecule has 1 aromatic heterocycles. The van der Waals surface area contributed by atoms with Crippen molar-refractivity contribution in [3.8, 4) is 11.1 Å². The highest BCUT2D eigenvalue weighted by Gasteiger charge is 2.25. The van der Waals surface area contributed by atoms with Crippen molar-refractivity contribution in [1.82, 2.24) is 5.32 Å². The molecule has 10 rings (SSSR count). The summed E-state index contributed by atoms with van der Waals surface area (Å²) in [5.74, 6) is 1.45. The number of amidine groups is 2. The smallest absolute Gasteiger partial charge is 0.159 e. The van der Waals surface area contributed by atoms with E-state index in [1.54, 1.807) is 0 Å². The first-order chi connectivity index (χ1) is 24.3. The molecule has 0 bridgehead atoms. The third-order valence-electron chi connectivity index (χ3n) is 9.68. The van der Waals surface area contributed by atoms with Crippen LogP contribution in [0.2, 0.25) is 0 Å². The van der Waals surface area contributed by atoms with Gasteiger partial charge in [0.05, 0.1) is 0 Å². The van der Waals surface area contributed by atoms with Crippen molar-refractivity contribution in [2.45, 2.75) is 6.17 Å². The van der Waals surface area contributed by atoms with Gasteiger partial charge in [-0.15, -0.1) is 0 Å². The van der Waals surface area contributed by atoms with E-state index in [1.165, 1.54) is 26.9 Å². The van der Waals surface area contributed by atoms with Gasteiger partial charge in [-0.05, 0) is 79.3 Å². The van der Waals surface area contributed by atoms with Crippen LogP contribution in [0.15, 0.2) is 178 Å². The zero-order valence-corrected chi connectivity index (χ0v) is 26.5. The van der Waals surface area contributed by atoms with E-state index in [-0.39, 0.29) is 6.17 Å². The maximum atomic E-state index is 6.60. The Balaban J connectivity index is 1.24. The Morgan fingerprint density at radius 3 is 2.02 bits per heavy atom. The highest BCUT2D eigenvalue weighted by Crippen LogP contribution is 2.40. The standard InChI is InChI=1S/C45H29N3O/c1-2-13-29(14-3-1)43-46-44(32-23-22-28-12-4-5-15-30(28)24-32)48-45(47-43)39-26-33(27-41-42(39)37-20-10-11-21-40(37)49-41)38-25-31-16-6-7-17-34(31)35-18-8-9-19-36(35)38/h1-27,43H,(H,46,47,48). The minimum Gasteiger partial charge on any atom is -0.456 e. The Kier molecular flexibility index (Phi) is 6.21. The molecule has 9 aromatic rings. The predicted molar refractivity (Wildman–Crippen MR) is 204 cm³/mol. The maximum Gasteiger partial charge on any atom is 0.159 e. The van der Waals surface area contributed by atoms with Crippen LogP contribution in [0.3, 0.4) is 0 Å². The minimum atomic E-state index is -0.325. The predicted octanol–water partition coefficient (Wildman–Crippen LogP) is 11.2. The summed E-state index contributed by atoms with van der Waals surface area (Å²) in [6, 6.07) is 57.5. The summed E-state index contributed by atoms with van der Waals surface area (Å²) in [7, 11) is 0. The van der Waals surface area contributed by atoms with E-state index in [0.717, 1.165) is 61.0 Å². The van der Waals surface area contributed by atoms with E-state index in [9.17, 15) is 0 Å².